The number of benzene rings is 1. The number of nitrogen functional groups attached to an aromatic ring is 1. The maximum Gasteiger partial charge on any atom is 0.339 e. The second kappa shape index (κ2) is 7.67. The number of aromatic carboxylic acids is 1. The highest BCUT2D eigenvalue weighted by Crippen LogP contribution is 2.24. The SMILES string of the molecule is CCCCCCC(C)Oc1cc(N)ccc1C(=O)O. The van der Waals surface area contributed by atoms with Gasteiger partial charge in [-0.1, -0.05) is 26.2 Å². The molecule has 0 spiro atoms. The van der Waals surface area contributed by atoms with E-state index in [1.54, 1.807) is 12.1 Å². The standard InChI is InChI=1S/C15H23NO3/c1-3-4-5-6-7-11(2)19-14-10-12(16)8-9-13(14)15(17)18/h8-11H,3-7,16H2,1-2H3,(H,17,18). The number of ether oxygens (including phenoxy) is 1. The summed E-state index contributed by atoms with van der Waals surface area (Å²) in [7, 11) is 0. The van der Waals surface area contributed by atoms with Crippen LogP contribution in [0, 0.1) is 0 Å². The first-order valence-corrected chi connectivity index (χ1v) is 6.84. The molecule has 0 radical (unpaired) electrons. The Balaban J connectivity index is 2.60. The van der Waals surface area contributed by atoms with Gasteiger partial charge in [-0.15, -0.1) is 0 Å². The summed E-state index contributed by atoms with van der Waals surface area (Å²) in [5, 5.41) is 9.09. The van der Waals surface area contributed by atoms with Crippen molar-refractivity contribution in [2.24, 2.45) is 0 Å². The van der Waals surface area contributed by atoms with Crippen LogP contribution in [0.15, 0.2) is 18.2 Å². The summed E-state index contributed by atoms with van der Waals surface area (Å²) in [5.41, 5.74) is 6.34. The van der Waals surface area contributed by atoms with Gasteiger partial charge < -0.3 is 15.6 Å². The average Bonchev–Trinajstić information content (AvgIpc) is 2.34. The third kappa shape index (κ3) is 5.20. The van der Waals surface area contributed by atoms with Crippen molar-refractivity contribution in [2.75, 3.05) is 5.73 Å². The van der Waals surface area contributed by atoms with Crippen LogP contribution in [0.1, 0.15) is 56.3 Å². The molecule has 0 aromatic heterocycles. The first-order valence-electron chi connectivity index (χ1n) is 6.84. The molecule has 0 bridgehead atoms. The summed E-state index contributed by atoms with van der Waals surface area (Å²) in [4.78, 5) is 11.1. The number of hydrogen-bond acceptors (Lipinski definition) is 3. The minimum Gasteiger partial charge on any atom is -0.490 e. The summed E-state index contributed by atoms with van der Waals surface area (Å²) in [6.45, 7) is 4.13. The van der Waals surface area contributed by atoms with Crippen LogP contribution in [0.4, 0.5) is 5.69 Å². The van der Waals surface area contributed by atoms with Gasteiger partial charge >= 0.3 is 5.97 Å². The summed E-state index contributed by atoms with van der Waals surface area (Å²) >= 11 is 0. The lowest BCUT2D eigenvalue weighted by atomic mass is 10.1. The minimum atomic E-state index is -0.992. The molecule has 1 atom stereocenters. The molecule has 1 rings (SSSR count). The van der Waals surface area contributed by atoms with Crippen LogP contribution in [-0.2, 0) is 0 Å². The summed E-state index contributed by atoms with van der Waals surface area (Å²) in [6.07, 6.45) is 5.64. The molecule has 0 saturated heterocycles. The Labute approximate surface area is 114 Å². The first kappa shape index (κ1) is 15.3. The normalized spacial score (nSPS) is 12.1. The van der Waals surface area contributed by atoms with Gasteiger partial charge in [0, 0.05) is 11.8 Å². The molecule has 1 aromatic rings. The van der Waals surface area contributed by atoms with Crippen molar-refractivity contribution in [1.82, 2.24) is 0 Å². The van der Waals surface area contributed by atoms with E-state index in [9.17, 15) is 4.79 Å². The van der Waals surface area contributed by atoms with Gasteiger partial charge in [0.25, 0.3) is 0 Å². The lowest BCUT2D eigenvalue weighted by Gasteiger charge is -2.16. The third-order valence-electron chi connectivity index (χ3n) is 3.03. The van der Waals surface area contributed by atoms with Gasteiger partial charge in [0.1, 0.15) is 11.3 Å². The predicted octanol–water partition coefficient (Wildman–Crippen LogP) is 3.70. The van der Waals surface area contributed by atoms with Gasteiger partial charge in [-0.25, -0.2) is 4.79 Å². The first-order chi connectivity index (χ1) is 9.04. The Morgan fingerprint density at radius 2 is 2.11 bits per heavy atom. The van der Waals surface area contributed by atoms with Crippen molar-refractivity contribution in [1.29, 1.82) is 0 Å². The predicted molar refractivity (Wildman–Crippen MR) is 76.7 cm³/mol. The van der Waals surface area contributed by atoms with Crippen molar-refractivity contribution >= 4 is 11.7 Å². The van der Waals surface area contributed by atoms with E-state index in [1.165, 1.54) is 25.3 Å². The lowest BCUT2D eigenvalue weighted by molar-refractivity contribution is 0.0689. The summed E-state index contributed by atoms with van der Waals surface area (Å²) < 4.78 is 5.71. The van der Waals surface area contributed by atoms with Crippen LogP contribution in [0.3, 0.4) is 0 Å². The van der Waals surface area contributed by atoms with E-state index in [4.69, 9.17) is 15.6 Å². The highest BCUT2D eigenvalue weighted by atomic mass is 16.5. The Hall–Kier alpha value is -1.71. The number of carbonyl (C=O) groups is 1. The van der Waals surface area contributed by atoms with E-state index in [0.717, 1.165) is 12.8 Å². The minimum absolute atomic E-state index is 0.00300. The molecule has 0 aliphatic heterocycles. The van der Waals surface area contributed by atoms with Crippen molar-refractivity contribution in [3.63, 3.8) is 0 Å². The lowest BCUT2D eigenvalue weighted by Crippen LogP contribution is -2.14. The van der Waals surface area contributed by atoms with Crippen molar-refractivity contribution in [2.45, 2.75) is 52.1 Å². The molecule has 0 amide bonds. The zero-order valence-corrected chi connectivity index (χ0v) is 11.7. The fourth-order valence-electron chi connectivity index (χ4n) is 1.95. The fraction of sp³-hybridized carbons (Fsp3) is 0.533. The quantitative estimate of drug-likeness (QED) is 0.555. The van der Waals surface area contributed by atoms with Gasteiger partial charge in [0.2, 0.25) is 0 Å². The zero-order chi connectivity index (χ0) is 14.3. The number of anilines is 1. The van der Waals surface area contributed by atoms with E-state index in [0.29, 0.717) is 11.4 Å². The van der Waals surface area contributed by atoms with Crippen LogP contribution >= 0.6 is 0 Å². The fourth-order valence-corrected chi connectivity index (χ4v) is 1.95. The topological polar surface area (TPSA) is 72.5 Å². The Bertz CT molecular complexity index is 418. The molecule has 0 saturated carbocycles. The number of carboxylic acids is 1. The molecular formula is C15H23NO3. The highest BCUT2D eigenvalue weighted by Gasteiger charge is 2.14. The molecule has 106 valence electrons. The van der Waals surface area contributed by atoms with Gasteiger partial charge in [0.05, 0.1) is 6.10 Å². The molecule has 4 heteroatoms. The number of rotatable bonds is 8. The van der Waals surface area contributed by atoms with Crippen LogP contribution in [0.25, 0.3) is 0 Å². The van der Waals surface area contributed by atoms with Crippen LogP contribution < -0.4 is 10.5 Å². The molecule has 1 unspecified atom stereocenters. The van der Waals surface area contributed by atoms with E-state index in [2.05, 4.69) is 6.92 Å². The second-order valence-corrected chi connectivity index (χ2v) is 4.84. The Morgan fingerprint density at radius 1 is 1.37 bits per heavy atom. The van der Waals surface area contributed by atoms with E-state index >= 15 is 0 Å². The molecular weight excluding hydrogens is 242 g/mol. The van der Waals surface area contributed by atoms with Crippen LogP contribution in [0.2, 0.25) is 0 Å². The van der Waals surface area contributed by atoms with Gasteiger partial charge in [-0.05, 0) is 31.9 Å². The molecule has 4 nitrogen and oxygen atoms in total. The number of carboxylic acid groups (broad SMARTS) is 1. The maximum absolute atomic E-state index is 11.1. The van der Waals surface area contributed by atoms with Crippen LogP contribution in [0.5, 0.6) is 5.75 Å². The van der Waals surface area contributed by atoms with E-state index in [1.807, 2.05) is 6.92 Å². The number of hydrogen-bond donors (Lipinski definition) is 2. The summed E-state index contributed by atoms with van der Waals surface area (Å²) in [5.74, 6) is -0.635. The highest BCUT2D eigenvalue weighted by molar-refractivity contribution is 5.91. The number of nitrogens with two attached hydrogens (primary N) is 1. The van der Waals surface area contributed by atoms with E-state index in [-0.39, 0.29) is 11.7 Å². The zero-order valence-electron chi connectivity index (χ0n) is 11.7. The largest absolute Gasteiger partial charge is 0.490 e. The van der Waals surface area contributed by atoms with Crippen molar-refractivity contribution in [3.8, 4) is 5.75 Å². The Morgan fingerprint density at radius 3 is 2.74 bits per heavy atom. The number of unbranched alkanes of at least 4 members (excludes halogenated alkanes) is 3. The molecule has 0 heterocycles. The maximum atomic E-state index is 11.1. The average molecular weight is 265 g/mol. The van der Waals surface area contributed by atoms with Crippen molar-refractivity contribution < 1.29 is 14.6 Å². The molecule has 1 aromatic carbocycles. The molecule has 19 heavy (non-hydrogen) atoms. The molecule has 0 aliphatic rings. The smallest absolute Gasteiger partial charge is 0.339 e. The molecule has 3 N–H and O–H groups in total. The van der Waals surface area contributed by atoms with Crippen molar-refractivity contribution in [3.05, 3.63) is 23.8 Å². The molecule has 0 aliphatic carbocycles. The monoisotopic (exact) mass is 265 g/mol. The Kier molecular flexibility index (Phi) is 6.19. The second-order valence-electron chi connectivity index (χ2n) is 4.84. The third-order valence-corrected chi connectivity index (χ3v) is 3.03. The van der Waals surface area contributed by atoms with E-state index < -0.39 is 5.97 Å². The van der Waals surface area contributed by atoms with Gasteiger partial charge in [0.15, 0.2) is 0 Å². The molecule has 0 fully saturated rings. The van der Waals surface area contributed by atoms with Gasteiger partial charge in [-0.2, -0.15) is 0 Å². The summed E-state index contributed by atoms with van der Waals surface area (Å²) in [6, 6.07) is 4.63. The van der Waals surface area contributed by atoms with Gasteiger partial charge in [-0.3, -0.25) is 0 Å². The van der Waals surface area contributed by atoms with Crippen LogP contribution in [-0.4, -0.2) is 17.2 Å².